The van der Waals surface area contributed by atoms with E-state index in [1.165, 1.54) is 25.8 Å². The maximum absolute atomic E-state index is 13.7. The maximum atomic E-state index is 13.7. The Kier molecular flexibility index (Phi) is 10.1. The first-order chi connectivity index (χ1) is 17.6. The van der Waals surface area contributed by atoms with Crippen LogP contribution in [0.2, 0.25) is 36.3 Å². The molecule has 1 aliphatic heterocycles. The summed E-state index contributed by atoms with van der Waals surface area (Å²) in [5.41, 5.74) is 1.68. The number of hydrogen-bond donors (Lipinski definition) is 1. The SMILES string of the molecule is COC(=O)[C@@H]1CSCc2c(O[Si](C)(C)C(C)(C)C)cc(O[Si](C)(C)C(C)(C)C)c(C)c2C(=O)O[C@H](C)C(=O)N1. The average Bonchev–Trinajstić information content (AvgIpc) is 2.79. The summed E-state index contributed by atoms with van der Waals surface area (Å²) < 4.78 is 24.1. The quantitative estimate of drug-likeness (QED) is 0.316. The van der Waals surface area contributed by atoms with Crippen LogP contribution in [0, 0.1) is 6.92 Å². The minimum Gasteiger partial charge on any atom is -0.543 e. The van der Waals surface area contributed by atoms with Crippen LogP contribution >= 0.6 is 11.8 Å². The molecule has 0 aliphatic carbocycles. The van der Waals surface area contributed by atoms with Gasteiger partial charge in [0.05, 0.1) is 12.7 Å². The van der Waals surface area contributed by atoms with Crippen molar-refractivity contribution in [2.75, 3.05) is 12.9 Å². The summed E-state index contributed by atoms with van der Waals surface area (Å²) in [7, 11) is -3.33. The molecule has 1 aliphatic rings. The van der Waals surface area contributed by atoms with Crippen molar-refractivity contribution in [3.05, 3.63) is 22.8 Å². The molecular formula is C28H47NO7SSi2. The predicted octanol–water partition coefficient (Wildman–Crippen LogP) is 6.21. The fourth-order valence-electron chi connectivity index (χ4n) is 3.41. The van der Waals surface area contributed by atoms with Gasteiger partial charge in [-0.3, -0.25) is 4.79 Å². The van der Waals surface area contributed by atoms with E-state index in [0.29, 0.717) is 33.9 Å². The minimum absolute atomic E-state index is 0.0661. The molecule has 0 spiro atoms. The monoisotopic (exact) mass is 597 g/mol. The van der Waals surface area contributed by atoms with Crippen LogP contribution in [-0.2, 0) is 24.8 Å². The number of thioether (sulfide) groups is 1. The van der Waals surface area contributed by atoms with Gasteiger partial charge in [-0.15, -0.1) is 0 Å². The number of fused-ring (bicyclic) bond motifs is 1. The molecule has 1 heterocycles. The number of hydrogen-bond acceptors (Lipinski definition) is 8. The van der Waals surface area contributed by atoms with Gasteiger partial charge in [0.15, 0.2) is 6.10 Å². The predicted molar refractivity (Wildman–Crippen MR) is 162 cm³/mol. The molecule has 0 unspecified atom stereocenters. The Labute approximate surface area is 240 Å². The first kappa shape index (κ1) is 33.2. The highest BCUT2D eigenvalue weighted by Gasteiger charge is 2.42. The third-order valence-electron chi connectivity index (χ3n) is 8.14. The number of methoxy groups -OCH3 is 1. The number of carbonyl (C=O) groups is 3. The fraction of sp³-hybridized carbons (Fsp3) is 0.679. The zero-order valence-corrected chi connectivity index (χ0v) is 28.7. The van der Waals surface area contributed by atoms with Gasteiger partial charge in [0.2, 0.25) is 16.6 Å². The van der Waals surface area contributed by atoms with Gasteiger partial charge in [-0.05, 0) is 50.1 Å². The second-order valence-corrected chi connectivity index (χ2v) is 23.7. The number of amides is 1. The van der Waals surface area contributed by atoms with Gasteiger partial charge in [0, 0.05) is 28.7 Å². The molecule has 1 aromatic carbocycles. The summed E-state index contributed by atoms with van der Waals surface area (Å²) in [4.78, 5) is 38.9. The largest absolute Gasteiger partial charge is 0.543 e. The van der Waals surface area contributed by atoms with Crippen LogP contribution < -0.4 is 14.2 Å². The average molecular weight is 598 g/mol. The highest BCUT2D eigenvalue weighted by Crippen LogP contribution is 2.45. The van der Waals surface area contributed by atoms with E-state index in [1.54, 1.807) is 0 Å². The lowest BCUT2D eigenvalue weighted by atomic mass is 10.0. The van der Waals surface area contributed by atoms with E-state index in [9.17, 15) is 14.4 Å². The van der Waals surface area contributed by atoms with Crippen LogP contribution in [0.25, 0.3) is 0 Å². The molecule has 0 radical (unpaired) electrons. The molecule has 0 aromatic heterocycles. The summed E-state index contributed by atoms with van der Waals surface area (Å²) in [5, 5.41) is 2.50. The minimum atomic E-state index is -2.33. The number of esters is 2. The Balaban J connectivity index is 2.80. The van der Waals surface area contributed by atoms with Crippen molar-refractivity contribution in [3.8, 4) is 11.5 Å². The molecule has 0 saturated heterocycles. The third kappa shape index (κ3) is 7.61. The Bertz CT molecular complexity index is 1110. The molecule has 220 valence electrons. The second-order valence-electron chi connectivity index (χ2n) is 13.2. The molecule has 0 saturated carbocycles. The van der Waals surface area contributed by atoms with E-state index in [4.69, 9.17) is 18.3 Å². The van der Waals surface area contributed by atoms with Crippen molar-refractivity contribution in [2.24, 2.45) is 0 Å². The molecule has 8 nitrogen and oxygen atoms in total. The van der Waals surface area contributed by atoms with Crippen molar-refractivity contribution in [1.29, 1.82) is 0 Å². The third-order valence-corrected chi connectivity index (χ3v) is 17.9. The van der Waals surface area contributed by atoms with Crippen LogP contribution in [0.3, 0.4) is 0 Å². The lowest BCUT2D eigenvalue weighted by Crippen LogP contribution is -2.47. The van der Waals surface area contributed by atoms with Gasteiger partial charge in [-0.25, -0.2) is 9.59 Å². The number of cyclic esters (lactones) is 1. The Morgan fingerprint density at radius 1 is 1.00 bits per heavy atom. The summed E-state index contributed by atoms with van der Waals surface area (Å²) in [6, 6.07) is 1.05. The van der Waals surface area contributed by atoms with Crippen LogP contribution in [0.15, 0.2) is 6.07 Å². The van der Waals surface area contributed by atoms with E-state index in [1.807, 2.05) is 13.0 Å². The standard InChI is InChI=1S/C28H47NO7SSi2/c1-17-21(35-38(10,11)27(3,4)5)14-22(36-39(12,13)28(6,7)8)19-15-37-16-20(25(31)33-9)29-24(30)18(2)34-26(32)23(17)19/h14,18,20H,15-16H2,1-13H3,(H,29,30)/t18-,20+/m1/s1. The molecule has 1 N–H and O–H groups in total. The first-order valence-electron chi connectivity index (χ1n) is 13.3. The number of nitrogens with one attached hydrogen (secondary N) is 1. The van der Waals surface area contributed by atoms with E-state index in [-0.39, 0.29) is 15.8 Å². The van der Waals surface area contributed by atoms with Crippen LogP contribution in [0.5, 0.6) is 11.5 Å². The Morgan fingerprint density at radius 2 is 1.51 bits per heavy atom. The van der Waals surface area contributed by atoms with Crippen molar-refractivity contribution in [1.82, 2.24) is 5.32 Å². The zero-order valence-electron chi connectivity index (χ0n) is 25.9. The van der Waals surface area contributed by atoms with Crippen molar-refractivity contribution in [3.63, 3.8) is 0 Å². The number of ether oxygens (including phenoxy) is 2. The van der Waals surface area contributed by atoms with E-state index < -0.39 is 46.6 Å². The first-order valence-corrected chi connectivity index (χ1v) is 20.3. The van der Waals surface area contributed by atoms with E-state index in [0.717, 1.165) is 0 Å². The van der Waals surface area contributed by atoms with E-state index >= 15 is 0 Å². The molecular weight excluding hydrogens is 551 g/mol. The van der Waals surface area contributed by atoms with Crippen LogP contribution in [0.1, 0.15) is 70.0 Å². The number of carbonyl (C=O) groups excluding carboxylic acids is 3. The van der Waals surface area contributed by atoms with Crippen molar-refractivity contribution >= 4 is 46.2 Å². The molecule has 11 heteroatoms. The highest BCUT2D eigenvalue weighted by atomic mass is 32.2. The lowest BCUT2D eigenvalue weighted by molar-refractivity contribution is -0.145. The number of benzene rings is 1. The van der Waals surface area contributed by atoms with Gasteiger partial charge in [-0.2, -0.15) is 11.8 Å². The topological polar surface area (TPSA) is 100 Å². The molecule has 39 heavy (non-hydrogen) atoms. The maximum Gasteiger partial charge on any atom is 0.339 e. The van der Waals surface area contributed by atoms with Crippen molar-refractivity contribution in [2.45, 2.75) is 110 Å². The normalized spacial score (nSPS) is 19.7. The second kappa shape index (κ2) is 11.9. The van der Waals surface area contributed by atoms with Gasteiger partial charge < -0.3 is 23.6 Å². The molecule has 1 amide bonds. The van der Waals surface area contributed by atoms with Gasteiger partial charge >= 0.3 is 11.9 Å². The summed E-state index contributed by atoms with van der Waals surface area (Å²) in [6.07, 6.45) is -1.12. The molecule has 0 fully saturated rings. The van der Waals surface area contributed by atoms with E-state index in [2.05, 4.69) is 73.0 Å². The number of rotatable bonds is 5. The Hall–Kier alpha value is -1.99. The zero-order chi connectivity index (χ0) is 30.1. The Morgan fingerprint density at radius 3 is 2.00 bits per heavy atom. The van der Waals surface area contributed by atoms with Gasteiger partial charge in [0.25, 0.3) is 5.91 Å². The molecule has 2 atom stereocenters. The van der Waals surface area contributed by atoms with Crippen LogP contribution in [-0.4, -0.2) is 59.5 Å². The molecule has 1 aromatic rings. The highest BCUT2D eigenvalue weighted by molar-refractivity contribution is 7.98. The summed E-state index contributed by atoms with van der Waals surface area (Å²) in [5.74, 6) is 0.0692. The van der Waals surface area contributed by atoms with Crippen molar-refractivity contribution < 1.29 is 32.7 Å². The lowest BCUT2D eigenvalue weighted by Gasteiger charge is -2.39. The molecule has 0 bridgehead atoms. The van der Waals surface area contributed by atoms with Crippen LogP contribution in [0.4, 0.5) is 0 Å². The van der Waals surface area contributed by atoms with Gasteiger partial charge in [0.1, 0.15) is 17.5 Å². The van der Waals surface area contributed by atoms with Gasteiger partial charge in [-0.1, -0.05) is 41.5 Å². The summed E-state index contributed by atoms with van der Waals surface area (Å²) >= 11 is 1.42. The smallest absolute Gasteiger partial charge is 0.339 e. The fourth-order valence-corrected chi connectivity index (χ4v) is 6.58. The molecule has 2 rings (SSSR count). The summed E-state index contributed by atoms with van der Waals surface area (Å²) in [6.45, 7) is 24.9.